The Balaban J connectivity index is 2.23. The molecule has 3 nitrogen and oxygen atoms in total. The van der Waals surface area contributed by atoms with Gasteiger partial charge in [-0.05, 0) is 103 Å². The highest BCUT2D eigenvalue weighted by Gasteiger charge is 2.40. The summed E-state index contributed by atoms with van der Waals surface area (Å²) in [6.45, 7) is 5.80. The molecule has 0 aliphatic carbocycles. The molecule has 0 aliphatic heterocycles. The molecule has 0 unspecified atom stereocenters. The lowest BCUT2D eigenvalue weighted by Gasteiger charge is -2.39. The van der Waals surface area contributed by atoms with Gasteiger partial charge in [0, 0.05) is 12.0 Å². The van der Waals surface area contributed by atoms with Crippen LogP contribution < -0.4 is 0 Å². The molecule has 0 fully saturated rings. The van der Waals surface area contributed by atoms with Crippen molar-refractivity contribution < 1.29 is 27.9 Å². The van der Waals surface area contributed by atoms with E-state index in [2.05, 4.69) is 0 Å². The first-order valence-corrected chi connectivity index (χ1v) is 11.4. The molecule has 0 aliphatic rings. The second kappa shape index (κ2) is 11.2. The zero-order valence-corrected chi connectivity index (χ0v) is 19.7. The quantitative estimate of drug-likeness (QED) is 0.220. The van der Waals surface area contributed by atoms with Crippen LogP contribution in [0.15, 0.2) is 54.6 Å². The summed E-state index contributed by atoms with van der Waals surface area (Å²) in [4.78, 5) is 0. The van der Waals surface area contributed by atoms with Crippen molar-refractivity contribution in [3.8, 4) is 0 Å². The van der Waals surface area contributed by atoms with Gasteiger partial charge in [-0.25, -0.2) is 13.2 Å². The first-order chi connectivity index (χ1) is 16.1. The summed E-state index contributed by atoms with van der Waals surface area (Å²) in [7, 11) is -1.82. The van der Waals surface area contributed by atoms with E-state index in [0.29, 0.717) is 42.4 Å². The molecule has 2 N–H and O–H groups in total. The maximum absolute atomic E-state index is 14.6. The lowest BCUT2D eigenvalue weighted by Crippen LogP contribution is -2.33. The molecule has 0 saturated carbocycles. The first kappa shape index (κ1) is 26.0. The molecule has 0 bridgehead atoms. The Morgan fingerprint density at radius 3 is 1.47 bits per heavy atom. The minimum atomic E-state index is -1.82. The van der Waals surface area contributed by atoms with Crippen LogP contribution in [0.5, 0.6) is 0 Å². The molecule has 3 rings (SSSR count). The number of halogens is 3. The Labute approximate surface area is 199 Å². The number of hydrogen-bond acceptors (Lipinski definition) is 3. The van der Waals surface area contributed by atoms with Crippen molar-refractivity contribution >= 4 is 7.32 Å². The van der Waals surface area contributed by atoms with Crippen molar-refractivity contribution in [3.63, 3.8) is 0 Å². The SMILES string of the molecule is Cc1ccc(F)cc1C(CCCCCOB(O)O)(c1cc(F)ccc1C)c1cc(F)ccc1C. The Kier molecular flexibility index (Phi) is 8.58. The standard InChI is InChI=1S/C27H30BF3O3/c1-18-7-10-21(29)15-24(18)27(13-5-4-6-14-34-28(32)33,25-16-22(30)11-8-19(25)2)26-17-23(31)12-9-20(26)3/h7-12,15-17,32-33H,4-6,13-14H2,1-3H3. The molecule has 3 aromatic carbocycles. The predicted molar refractivity (Wildman–Crippen MR) is 128 cm³/mol. The summed E-state index contributed by atoms with van der Waals surface area (Å²) in [5.74, 6) is -1.25. The van der Waals surface area contributed by atoms with E-state index < -0.39 is 30.2 Å². The van der Waals surface area contributed by atoms with Crippen LogP contribution in [-0.4, -0.2) is 24.0 Å². The molecule has 34 heavy (non-hydrogen) atoms. The van der Waals surface area contributed by atoms with E-state index in [1.807, 2.05) is 20.8 Å². The fraction of sp³-hybridized carbons (Fsp3) is 0.333. The molecule has 0 heterocycles. The van der Waals surface area contributed by atoms with Crippen molar-refractivity contribution in [2.24, 2.45) is 0 Å². The summed E-state index contributed by atoms with van der Waals surface area (Å²) < 4.78 is 48.7. The third-order valence-corrected chi connectivity index (χ3v) is 6.44. The van der Waals surface area contributed by atoms with E-state index in [1.54, 1.807) is 18.2 Å². The van der Waals surface area contributed by atoms with Gasteiger partial charge in [0.05, 0.1) is 0 Å². The monoisotopic (exact) mass is 470 g/mol. The molecule has 0 atom stereocenters. The highest BCUT2D eigenvalue weighted by molar-refractivity contribution is 6.32. The second-order valence-corrected chi connectivity index (χ2v) is 8.79. The molecular weight excluding hydrogens is 440 g/mol. The smallest absolute Gasteiger partial charge is 0.402 e. The van der Waals surface area contributed by atoms with Crippen molar-refractivity contribution in [1.82, 2.24) is 0 Å². The van der Waals surface area contributed by atoms with Gasteiger partial charge in [-0.15, -0.1) is 0 Å². The van der Waals surface area contributed by atoms with Gasteiger partial charge in [0.2, 0.25) is 0 Å². The van der Waals surface area contributed by atoms with Crippen LogP contribution in [0.3, 0.4) is 0 Å². The lowest BCUT2D eigenvalue weighted by atomic mass is 9.63. The number of unbranched alkanes of at least 4 members (excludes halogenated alkanes) is 2. The van der Waals surface area contributed by atoms with E-state index in [4.69, 9.17) is 14.7 Å². The van der Waals surface area contributed by atoms with E-state index in [-0.39, 0.29) is 6.61 Å². The first-order valence-electron chi connectivity index (χ1n) is 11.4. The third kappa shape index (κ3) is 5.72. The van der Waals surface area contributed by atoms with Gasteiger partial charge in [-0.2, -0.15) is 0 Å². The highest BCUT2D eigenvalue weighted by atomic mass is 19.1. The molecule has 0 amide bonds. The molecule has 7 heteroatoms. The Morgan fingerprint density at radius 2 is 1.09 bits per heavy atom. The van der Waals surface area contributed by atoms with Crippen LogP contribution in [0.2, 0.25) is 0 Å². The van der Waals surface area contributed by atoms with E-state index in [1.165, 1.54) is 36.4 Å². The number of benzene rings is 3. The topological polar surface area (TPSA) is 49.7 Å². The Bertz CT molecular complexity index is 1010. The van der Waals surface area contributed by atoms with Crippen molar-refractivity contribution in [3.05, 3.63) is 105 Å². The minimum Gasteiger partial charge on any atom is -0.402 e. The maximum Gasteiger partial charge on any atom is 0.633 e. The molecule has 0 aromatic heterocycles. The summed E-state index contributed by atoms with van der Waals surface area (Å²) in [6.07, 6.45) is 2.34. The summed E-state index contributed by atoms with van der Waals surface area (Å²) in [6, 6.07) is 13.6. The fourth-order valence-electron chi connectivity index (χ4n) is 4.86. The Morgan fingerprint density at radius 1 is 0.676 bits per heavy atom. The number of rotatable bonds is 10. The van der Waals surface area contributed by atoms with Gasteiger partial charge < -0.3 is 14.7 Å². The van der Waals surface area contributed by atoms with Crippen LogP contribution in [0.25, 0.3) is 0 Å². The zero-order valence-electron chi connectivity index (χ0n) is 19.7. The van der Waals surface area contributed by atoms with E-state index in [9.17, 15) is 13.2 Å². The summed E-state index contributed by atoms with van der Waals surface area (Å²) in [5, 5.41) is 17.8. The number of aryl methyl sites for hydroxylation is 3. The molecule has 3 aromatic rings. The normalized spacial score (nSPS) is 11.6. The molecular formula is C27H30BF3O3. The van der Waals surface area contributed by atoms with E-state index >= 15 is 0 Å². The third-order valence-electron chi connectivity index (χ3n) is 6.44. The van der Waals surface area contributed by atoms with Crippen LogP contribution in [-0.2, 0) is 10.1 Å². The Hall–Kier alpha value is -2.61. The van der Waals surface area contributed by atoms with Crippen molar-refractivity contribution in [1.29, 1.82) is 0 Å². The van der Waals surface area contributed by atoms with E-state index in [0.717, 1.165) is 16.7 Å². The average molecular weight is 470 g/mol. The van der Waals surface area contributed by atoms with Crippen molar-refractivity contribution in [2.45, 2.75) is 51.9 Å². The molecule has 180 valence electrons. The zero-order chi connectivity index (χ0) is 24.9. The maximum atomic E-state index is 14.6. The van der Waals surface area contributed by atoms with Gasteiger partial charge in [-0.1, -0.05) is 31.0 Å². The summed E-state index contributed by atoms with van der Waals surface area (Å²) >= 11 is 0. The highest BCUT2D eigenvalue weighted by Crippen LogP contribution is 2.47. The molecule has 0 saturated heterocycles. The number of hydrogen-bond donors (Lipinski definition) is 2. The minimum absolute atomic E-state index is 0.168. The van der Waals surface area contributed by atoms with Crippen molar-refractivity contribution in [2.75, 3.05) is 6.61 Å². The lowest BCUT2D eigenvalue weighted by molar-refractivity contribution is 0.181. The second-order valence-electron chi connectivity index (χ2n) is 8.79. The average Bonchev–Trinajstić information content (AvgIpc) is 2.79. The largest absolute Gasteiger partial charge is 0.633 e. The fourth-order valence-corrected chi connectivity index (χ4v) is 4.86. The van der Waals surface area contributed by atoms with Gasteiger partial charge in [0.1, 0.15) is 17.5 Å². The van der Waals surface area contributed by atoms with Crippen LogP contribution in [0, 0.1) is 38.2 Å². The van der Waals surface area contributed by atoms with Gasteiger partial charge >= 0.3 is 7.32 Å². The van der Waals surface area contributed by atoms with Crippen LogP contribution in [0.4, 0.5) is 13.2 Å². The van der Waals surface area contributed by atoms with Crippen LogP contribution in [0.1, 0.15) is 59.1 Å². The van der Waals surface area contributed by atoms with Gasteiger partial charge in [0.15, 0.2) is 0 Å². The van der Waals surface area contributed by atoms with Gasteiger partial charge in [0.25, 0.3) is 0 Å². The van der Waals surface area contributed by atoms with Crippen LogP contribution >= 0.6 is 0 Å². The predicted octanol–water partition coefficient (Wildman–Crippen LogP) is 5.91. The summed E-state index contributed by atoms with van der Waals surface area (Å²) in [5.41, 5.74) is 3.45. The van der Waals surface area contributed by atoms with Gasteiger partial charge in [-0.3, -0.25) is 0 Å². The molecule has 0 spiro atoms. The molecule has 0 radical (unpaired) electrons.